The molecule has 0 aliphatic carbocycles. The van der Waals surface area contributed by atoms with Crippen molar-refractivity contribution in [1.82, 2.24) is 10.3 Å². The first-order chi connectivity index (χ1) is 13.5. The Labute approximate surface area is 165 Å². The van der Waals surface area contributed by atoms with Crippen molar-refractivity contribution in [1.29, 1.82) is 0 Å². The van der Waals surface area contributed by atoms with Gasteiger partial charge in [0.25, 0.3) is 0 Å². The highest BCUT2D eigenvalue weighted by atomic mass is 32.1. The van der Waals surface area contributed by atoms with E-state index in [1.807, 2.05) is 13.0 Å². The second kappa shape index (κ2) is 7.55. The Morgan fingerprint density at radius 1 is 1.39 bits per heavy atom. The second-order valence-electron chi connectivity index (χ2n) is 6.61. The predicted molar refractivity (Wildman–Crippen MR) is 103 cm³/mol. The average molecular weight is 399 g/mol. The molecule has 0 radical (unpaired) electrons. The van der Waals surface area contributed by atoms with Crippen molar-refractivity contribution in [2.45, 2.75) is 19.9 Å². The van der Waals surface area contributed by atoms with Gasteiger partial charge in [-0.25, -0.2) is 9.37 Å². The SMILES string of the molecule is Cc1nc(-c2ccco2)sc1CNC(=O)C1CC(=O)N(c2cccc(F)c2)C1. The van der Waals surface area contributed by atoms with E-state index in [1.54, 1.807) is 24.5 Å². The van der Waals surface area contributed by atoms with Crippen molar-refractivity contribution in [3.8, 4) is 10.8 Å². The van der Waals surface area contributed by atoms with Crippen LogP contribution in [0.5, 0.6) is 0 Å². The van der Waals surface area contributed by atoms with E-state index in [2.05, 4.69) is 10.3 Å². The van der Waals surface area contributed by atoms with E-state index < -0.39 is 11.7 Å². The van der Waals surface area contributed by atoms with Gasteiger partial charge in [0.15, 0.2) is 10.8 Å². The molecule has 1 aliphatic rings. The van der Waals surface area contributed by atoms with Gasteiger partial charge in [0.05, 0.1) is 24.4 Å². The molecular weight excluding hydrogens is 381 g/mol. The molecule has 3 heterocycles. The summed E-state index contributed by atoms with van der Waals surface area (Å²) in [7, 11) is 0. The van der Waals surface area contributed by atoms with E-state index in [9.17, 15) is 14.0 Å². The zero-order chi connectivity index (χ0) is 19.7. The minimum Gasteiger partial charge on any atom is -0.462 e. The van der Waals surface area contributed by atoms with Crippen molar-refractivity contribution in [3.05, 3.63) is 59.0 Å². The molecule has 1 saturated heterocycles. The number of benzene rings is 1. The Morgan fingerprint density at radius 2 is 2.25 bits per heavy atom. The monoisotopic (exact) mass is 399 g/mol. The summed E-state index contributed by atoms with van der Waals surface area (Å²) in [6.07, 6.45) is 1.71. The lowest BCUT2D eigenvalue weighted by Crippen LogP contribution is -2.32. The van der Waals surface area contributed by atoms with Gasteiger partial charge in [0.2, 0.25) is 11.8 Å². The number of carbonyl (C=O) groups excluding carboxylic acids is 2. The Kier molecular flexibility index (Phi) is 4.95. The molecule has 144 valence electrons. The second-order valence-corrected chi connectivity index (χ2v) is 7.69. The van der Waals surface area contributed by atoms with Crippen molar-refractivity contribution in [2.75, 3.05) is 11.4 Å². The highest BCUT2D eigenvalue weighted by molar-refractivity contribution is 7.15. The Morgan fingerprint density at radius 3 is 3.00 bits per heavy atom. The van der Waals surface area contributed by atoms with Crippen LogP contribution in [-0.4, -0.2) is 23.3 Å². The minimum absolute atomic E-state index is 0.113. The van der Waals surface area contributed by atoms with E-state index in [-0.39, 0.29) is 24.8 Å². The van der Waals surface area contributed by atoms with Crippen molar-refractivity contribution in [2.24, 2.45) is 5.92 Å². The molecule has 0 saturated carbocycles. The molecule has 2 amide bonds. The maximum atomic E-state index is 13.4. The number of hydrogen-bond acceptors (Lipinski definition) is 5. The number of furan rings is 1. The smallest absolute Gasteiger partial charge is 0.227 e. The maximum absolute atomic E-state index is 13.4. The normalized spacial score (nSPS) is 16.6. The Balaban J connectivity index is 1.39. The summed E-state index contributed by atoms with van der Waals surface area (Å²) in [5.74, 6) is -0.558. The number of nitrogens with one attached hydrogen (secondary N) is 1. The van der Waals surface area contributed by atoms with Crippen molar-refractivity contribution >= 4 is 28.8 Å². The topological polar surface area (TPSA) is 75.4 Å². The van der Waals surface area contributed by atoms with E-state index in [1.165, 1.54) is 28.4 Å². The molecule has 1 unspecified atom stereocenters. The third-order valence-corrected chi connectivity index (χ3v) is 5.84. The number of rotatable bonds is 5. The molecule has 0 bridgehead atoms. The van der Waals surface area contributed by atoms with Crippen molar-refractivity contribution in [3.63, 3.8) is 0 Å². The summed E-state index contributed by atoms with van der Waals surface area (Å²) >= 11 is 1.46. The van der Waals surface area contributed by atoms with Crippen LogP contribution in [0.2, 0.25) is 0 Å². The zero-order valence-corrected chi connectivity index (χ0v) is 16.0. The fraction of sp³-hybridized carbons (Fsp3) is 0.250. The first kappa shape index (κ1) is 18.4. The largest absolute Gasteiger partial charge is 0.462 e. The van der Waals surface area contributed by atoms with E-state index in [0.29, 0.717) is 18.0 Å². The van der Waals surface area contributed by atoms with Crippen LogP contribution in [0.15, 0.2) is 47.1 Å². The lowest BCUT2D eigenvalue weighted by molar-refractivity contribution is -0.126. The average Bonchev–Trinajstić information content (AvgIpc) is 3.40. The maximum Gasteiger partial charge on any atom is 0.227 e. The molecule has 1 aromatic carbocycles. The van der Waals surface area contributed by atoms with Crippen LogP contribution in [0.3, 0.4) is 0 Å². The quantitative estimate of drug-likeness (QED) is 0.712. The minimum atomic E-state index is -0.464. The molecule has 4 rings (SSSR count). The Hall–Kier alpha value is -3.00. The number of aromatic nitrogens is 1. The number of thiazole rings is 1. The highest BCUT2D eigenvalue weighted by Gasteiger charge is 2.35. The predicted octanol–water partition coefficient (Wildman–Crippen LogP) is 3.52. The zero-order valence-electron chi connectivity index (χ0n) is 15.1. The summed E-state index contributed by atoms with van der Waals surface area (Å²) in [5.41, 5.74) is 1.31. The molecule has 3 aromatic rings. The van der Waals surface area contributed by atoms with Gasteiger partial charge in [-0.05, 0) is 37.3 Å². The van der Waals surface area contributed by atoms with Gasteiger partial charge in [-0.1, -0.05) is 6.07 Å². The van der Waals surface area contributed by atoms with E-state index >= 15 is 0 Å². The fourth-order valence-corrected chi connectivity index (χ4v) is 4.16. The van der Waals surface area contributed by atoms with Crippen molar-refractivity contribution < 1.29 is 18.4 Å². The molecule has 0 spiro atoms. The molecule has 8 heteroatoms. The summed E-state index contributed by atoms with van der Waals surface area (Å²) in [5, 5.41) is 3.66. The fourth-order valence-electron chi connectivity index (χ4n) is 3.19. The molecule has 1 aliphatic heterocycles. The van der Waals surface area contributed by atoms with Gasteiger partial charge >= 0.3 is 0 Å². The molecular formula is C20H18FN3O3S. The molecule has 1 N–H and O–H groups in total. The van der Waals surface area contributed by atoms with Gasteiger partial charge in [0.1, 0.15) is 5.82 Å². The number of hydrogen-bond donors (Lipinski definition) is 1. The van der Waals surface area contributed by atoms with Gasteiger partial charge in [-0.15, -0.1) is 11.3 Å². The molecule has 2 aromatic heterocycles. The Bertz CT molecular complexity index is 1020. The number of anilines is 1. The van der Waals surface area contributed by atoms with Crippen LogP contribution >= 0.6 is 11.3 Å². The van der Waals surface area contributed by atoms with Gasteiger partial charge in [-0.2, -0.15) is 0 Å². The van der Waals surface area contributed by atoms with Gasteiger partial charge < -0.3 is 14.6 Å². The molecule has 1 atom stereocenters. The van der Waals surface area contributed by atoms with E-state index in [0.717, 1.165) is 15.6 Å². The highest BCUT2D eigenvalue weighted by Crippen LogP contribution is 2.29. The lowest BCUT2D eigenvalue weighted by atomic mass is 10.1. The first-order valence-electron chi connectivity index (χ1n) is 8.85. The summed E-state index contributed by atoms with van der Waals surface area (Å²) in [6.45, 7) is 2.47. The number of halogens is 1. The summed E-state index contributed by atoms with van der Waals surface area (Å²) in [6, 6.07) is 9.48. The third-order valence-electron chi connectivity index (χ3n) is 4.66. The number of aryl methyl sites for hydroxylation is 1. The van der Waals surface area contributed by atoms with Crippen LogP contribution in [0, 0.1) is 18.7 Å². The first-order valence-corrected chi connectivity index (χ1v) is 9.66. The third kappa shape index (κ3) is 3.68. The number of amides is 2. The number of nitrogens with zero attached hydrogens (tertiary/aromatic N) is 2. The van der Waals surface area contributed by atoms with E-state index in [4.69, 9.17) is 4.42 Å². The summed E-state index contributed by atoms with van der Waals surface area (Å²) < 4.78 is 18.8. The van der Waals surface area contributed by atoms with Gasteiger partial charge in [-0.3, -0.25) is 9.59 Å². The lowest BCUT2D eigenvalue weighted by Gasteiger charge is -2.16. The van der Waals surface area contributed by atoms with Crippen LogP contribution in [0.4, 0.5) is 10.1 Å². The molecule has 28 heavy (non-hydrogen) atoms. The van der Waals surface area contributed by atoms with Crippen LogP contribution in [0.1, 0.15) is 17.0 Å². The van der Waals surface area contributed by atoms with Gasteiger partial charge in [0, 0.05) is 23.5 Å². The summed E-state index contributed by atoms with van der Waals surface area (Å²) in [4.78, 5) is 31.7. The van der Waals surface area contributed by atoms with Crippen LogP contribution < -0.4 is 10.2 Å². The molecule has 1 fully saturated rings. The number of carbonyl (C=O) groups is 2. The standard InChI is InChI=1S/C20H18FN3O3S/c1-12-17(28-20(23-12)16-6-3-7-27-16)10-22-19(26)13-8-18(25)24(11-13)15-5-2-4-14(21)9-15/h2-7,9,13H,8,10-11H2,1H3,(H,22,26). The molecule has 6 nitrogen and oxygen atoms in total. The van der Waals surface area contributed by atoms with Crippen LogP contribution in [0.25, 0.3) is 10.8 Å². The van der Waals surface area contributed by atoms with Crippen LogP contribution in [-0.2, 0) is 16.1 Å².